The van der Waals surface area contributed by atoms with E-state index in [1.165, 1.54) is 30.5 Å². The molecule has 7 rings (SSSR count). The molecule has 12 heteroatoms. The Morgan fingerprint density at radius 1 is 0.953 bits per heavy atom. The summed E-state index contributed by atoms with van der Waals surface area (Å²) in [7, 11) is 0. The fraction of sp³-hybridized carbons (Fsp3) is 0.161. The summed E-state index contributed by atoms with van der Waals surface area (Å²) in [5, 5.41) is 19.7. The zero-order valence-electron chi connectivity index (χ0n) is 23.0. The Labute approximate surface area is 251 Å². The van der Waals surface area contributed by atoms with Gasteiger partial charge in [-0.25, -0.2) is 24.4 Å². The van der Waals surface area contributed by atoms with Gasteiger partial charge in [0, 0.05) is 40.9 Å². The molecular formula is C31H27N9O2S. The highest BCUT2D eigenvalue weighted by Gasteiger charge is 2.23. The molecule has 0 bridgehead atoms. The van der Waals surface area contributed by atoms with Crippen LogP contribution in [0.25, 0.3) is 28.2 Å². The van der Waals surface area contributed by atoms with E-state index in [0.717, 1.165) is 41.0 Å². The van der Waals surface area contributed by atoms with Crippen molar-refractivity contribution in [3.05, 3.63) is 96.0 Å². The summed E-state index contributed by atoms with van der Waals surface area (Å²) in [6.07, 6.45) is 9.67. The molecule has 214 valence electrons. The van der Waals surface area contributed by atoms with Crippen molar-refractivity contribution in [2.75, 3.05) is 10.6 Å². The van der Waals surface area contributed by atoms with Gasteiger partial charge >= 0.3 is 6.03 Å². The third-order valence-electron chi connectivity index (χ3n) is 7.34. The van der Waals surface area contributed by atoms with Crippen LogP contribution in [0.1, 0.15) is 37.3 Å². The number of nitrogens with zero attached hydrogens (tertiary/aromatic N) is 6. The molecule has 1 aliphatic carbocycles. The molecule has 4 aromatic heterocycles. The lowest BCUT2D eigenvalue weighted by molar-refractivity contribution is 0.262. The average molecular weight is 590 g/mol. The number of ether oxygens (including phenoxy) is 1. The van der Waals surface area contributed by atoms with Crippen LogP contribution in [0.15, 0.2) is 90.3 Å². The van der Waals surface area contributed by atoms with Crippen LogP contribution in [-0.2, 0) is 0 Å². The number of hydrogen-bond donors (Lipinski definition) is 3. The lowest BCUT2D eigenvalue weighted by Crippen LogP contribution is -2.21. The molecule has 0 unspecified atom stereocenters. The van der Waals surface area contributed by atoms with Gasteiger partial charge in [-0.3, -0.25) is 10.4 Å². The number of rotatable bonds is 8. The molecule has 2 aromatic carbocycles. The number of carbonyl (C=O) groups excluding carboxylic acids is 1. The molecule has 6 aromatic rings. The van der Waals surface area contributed by atoms with Crippen molar-refractivity contribution in [3.63, 3.8) is 0 Å². The first-order chi connectivity index (χ1) is 21.2. The Bertz CT molecular complexity index is 1830. The van der Waals surface area contributed by atoms with Crippen LogP contribution in [-0.4, -0.2) is 41.0 Å². The summed E-state index contributed by atoms with van der Waals surface area (Å²) in [6.45, 7) is 0. The van der Waals surface area contributed by atoms with Crippen molar-refractivity contribution in [2.45, 2.75) is 31.6 Å². The van der Waals surface area contributed by atoms with E-state index in [2.05, 4.69) is 35.8 Å². The van der Waals surface area contributed by atoms with Crippen molar-refractivity contribution in [1.29, 1.82) is 0 Å². The number of H-pyrrole nitrogens is 1. The summed E-state index contributed by atoms with van der Waals surface area (Å²) in [4.78, 5) is 25.9. The van der Waals surface area contributed by atoms with Gasteiger partial charge in [-0.15, -0.1) is 11.3 Å². The molecule has 0 saturated heterocycles. The number of nitrogens with one attached hydrogen (secondary N) is 3. The topological polar surface area (TPSA) is 136 Å². The predicted molar refractivity (Wildman–Crippen MR) is 165 cm³/mol. The van der Waals surface area contributed by atoms with Crippen LogP contribution >= 0.6 is 11.3 Å². The minimum absolute atomic E-state index is 0.373. The number of benzene rings is 2. The number of aromatic nitrogens is 7. The molecule has 1 saturated carbocycles. The highest BCUT2D eigenvalue weighted by Crippen LogP contribution is 2.35. The van der Waals surface area contributed by atoms with Crippen LogP contribution in [0.2, 0.25) is 0 Å². The number of amides is 2. The van der Waals surface area contributed by atoms with Gasteiger partial charge in [0.15, 0.2) is 0 Å². The summed E-state index contributed by atoms with van der Waals surface area (Å²) in [6, 6.07) is 18.4. The highest BCUT2D eigenvalue weighted by atomic mass is 32.1. The number of urea groups is 1. The first-order valence-electron chi connectivity index (χ1n) is 13.9. The summed E-state index contributed by atoms with van der Waals surface area (Å²) in [5.74, 6) is 1.97. The summed E-state index contributed by atoms with van der Waals surface area (Å²) in [5.41, 5.74) is 7.64. The van der Waals surface area contributed by atoms with Crippen LogP contribution in [0.5, 0.6) is 11.6 Å². The zero-order chi connectivity index (χ0) is 29.0. The fourth-order valence-corrected chi connectivity index (χ4v) is 5.76. The second-order valence-electron chi connectivity index (χ2n) is 10.2. The van der Waals surface area contributed by atoms with Crippen LogP contribution in [0.4, 0.5) is 16.3 Å². The molecule has 4 heterocycles. The molecule has 3 N–H and O–H groups in total. The molecule has 0 atom stereocenters. The summed E-state index contributed by atoms with van der Waals surface area (Å²) < 4.78 is 7.70. The van der Waals surface area contributed by atoms with Crippen LogP contribution in [0.3, 0.4) is 0 Å². The lowest BCUT2D eigenvalue weighted by atomic mass is 10.0. The first-order valence-corrected chi connectivity index (χ1v) is 14.9. The van der Waals surface area contributed by atoms with Crippen LogP contribution < -0.4 is 15.4 Å². The molecule has 0 radical (unpaired) electrons. The molecular weight excluding hydrogens is 562 g/mol. The van der Waals surface area contributed by atoms with Crippen molar-refractivity contribution >= 4 is 28.9 Å². The molecule has 43 heavy (non-hydrogen) atoms. The Kier molecular flexibility index (Phi) is 7.32. The third-order valence-corrected chi connectivity index (χ3v) is 7.92. The van der Waals surface area contributed by atoms with Gasteiger partial charge in [0.05, 0.1) is 34.5 Å². The Hall–Kier alpha value is -5.36. The predicted octanol–water partition coefficient (Wildman–Crippen LogP) is 7.27. The van der Waals surface area contributed by atoms with E-state index >= 15 is 0 Å². The van der Waals surface area contributed by atoms with Gasteiger partial charge in [0.25, 0.3) is 0 Å². The monoisotopic (exact) mass is 589 g/mol. The second-order valence-corrected chi connectivity index (χ2v) is 10.9. The number of carbonyl (C=O) groups is 1. The van der Waals surface area contributed by atoms with Crippen molar-refractivity contribution in [2.24, 2.45) is 0 Å². The van der Waals surface area contributed by atoms with Gasteiger partial charge in [-0.2, -0.15) is 10.2 Å². The second kappa shape index (κ2) is 11.9. The molecule has 11 nitrogen and oxygen atoms in total. The minimum Gasteiger partial charge on any atom is -0.439 e. The van der Waals surface area contributed by atoms with E-state index in [1.54, 1.807) is 46.7 Å². The van der Waals surface area contributed by atoms with Gasteiger partial charge in [0.1, 0.15) is 17.9 Å². The molecule has 1 aliphatic rings. The zero-order valence-corrected chi connectivity index (χ0v) is 23.8. The molecule has 2 amide bonds. The van der Waals surface area contributed by atoms with Gasteiger partial charge in [0.2, 0.25) is 5.88 Å². The van der Waals surface area contributed by atoms with E-state index < -0.39 is 0 Å². The van der Waals surface area contributed by atoms with E-state index in [9.17, 15) is 4.79 Å². The quantitative estimate of drug-likeness (QED) is 0.170. The van der Waals surface area contributed by atoms with Gasteiger partial charge in [-0.1, -0.05) is 25.0 Å². The SMILES string of the molecule is O=C(Nc1ccc(Oc2cc(-c3cscn3)ncn2)cc1)Nc1cc(C2CCCC2)nn1-c1cccc(-c2cn[nH]c2)c1. The maximum atomic E-state index is 13.1. The molecule has 0 aliphatic heterocycles. The van der Waals surface area contributed by atoms with Crippen molar-refractivity contribution in [3.8, 4) is 39.8 Å². The third kappa shape index (κ3) is 5.99. The maximum absolute atomic E-state index is 13.1. The summed E-state index contributed by atoms with van der Waals surface area (Å²) >= 11 is 1.50. The standard InChI is InChI=1S/C31H27N9O2S/c41-31(37-23-8-10-25(11-9-23)42-30-14-27(32-18-33-30)28-17-43-19-34-28)38-29-13-26(20-4-1-2-5-20)39-40(29)24-7-3-6-21(12-24)22-15-35-36-16-22/h3,6-20H,1-2,4-5H2,(H,35,36)(H2,37,38,41). The normalized spacial score (nSPS) is 13.2. The number of aromatic amines is 1. The smallest absolute Gasteiger partial charge is 0.324 e. The fourth-order valence-electron chi connectivity index (χ4n) is 5.21. The minimum atomic E-state index is -0.373. The molecule has 1 fully saturated rings. The largest absolute Gasteiger partial charge is 0.439 e. The Balaban J connectivity index is 1.06. The number of thiazole rings is 1. The Morgan fingerprint density at radius 2 is 1.84 bits per heavy atom. The van der Waals surface area contributed by atoms with E-state index in [4.69, 9.17) is 9.84 Å². The van der Waals surface area contributed by atoms with Gasteiger partial charge in [-0.05, 0) is 54.8 Å². The highest BCUT2D eigenvalue weighted by molar-refractivity contribution is 7.07. The number of anilines is 2. The van der Waals surface area contributed by atoms with E-state index in [-0.39, 0.29) is 6.03 Å². The average Bonchev–Trinajstić information content (AvgIpc) is 3.86. The number of hydrogen-bond acceptors (Lipinski definition) is 8. The Morgan fingerprint density at radius 3 is 2.63 bits per heavy atom. The molecule has 0 spiro atoms. The van der Waals surface area contributed by atoms with Crippen molar-refractivity contribution in [1.82, 2.24) is 34.9 Å². The maximum Gasteiger partial charge on any atom is 0.324 e. The van der Waals surface area contributed by atoms with E-state index in [1.807, 2.05) is 41.9 Å². The first kappa shape index (κ1) is 26.5. The van der Waals surface area contributed by atoms with E-state index in [0.29, 0.717) is 34.7 Å². The van der Waals surface area contributed by atoms with Gasteiger partial charge < -0.3 is 10.1 Å². The van der Waals surface area contributed by atoms with Crippen LogP contribution in [0, 0.1) is 0 Å². The van der Waals surface area contributed by atoms with Crippen molar-refractivity contribution < 1.29 is 9.53 Å². The lowest BCUT2D eigenvalue weighted by Gasteiger charge is -2.11.